The van der Waals surface area contributed by atoms with Crippen LogP contribution in [0, 0.1) is 20.8 Å². The molecule has 0 unspecified atom stereocenters. The Morgan fingerprint density at radius 3 is 2.68 bits per heavy atom. The van der Waals surface area contributed by atoms with Crippen molar-refractivity contribution in [2.45, 2.75) is 33.9 Å². The van der Waals surface area contributed by atoms with E-state index in [1.807, 2.05) is 45.0 Å². The average molecular weight is 379 g/mol. The highest BCUT2D eigenvalue weighted by molar-refractivity contribution is 5.32. The van der Waals surface area contributed by atoms with Gasteiger partial charge in [0, 0.05) is 11.8 Å². The molecule has 0 atom stereocenters. The fourth-order valence-corrected chi connectivity index (χ4v) is 3.29. The molecule has 0 fully saturated rings. The quantitative estimate of drug-likeness (QED) is 0.575. The smallest absolute Gasteiger partial charge is 0.336 e. The molecule has 144 valence electrons. The Morgan fingerprint density at radius 2 is 1.96 bits per heavy atom. The number of benzene rings is 1. The summed E-state index contributed by atoms with van der Waals surface area (Å²) in [6.07, 6.45) is 4.70. The van der Waals surface area contributed by atoms with Gasteiger partial charge in [0.05, 0.1) is 36.9 Å². The molecule has 0 spiro atoms. The van der Waals surface area contributed by atoms with Crippen LogP contribution in [0.25, 0.3) is 5.69 Å². The molecule has 0 saturated heterocycles. The highest BCUT2D eigenvalue weighted by Gasteiger charge is 2.16. The van der Waals surface area contributed by atoms with Gasteiger partial charge in [0.2, 0.25) is 5.88 Å². The summed E-state index contributed by atoms with van der Waals surface area (Å²) in [6.45, 7) is 6.58. The first-order valence-electron chi connectivity index (χ1n) is 8.93. The first-order chi connectivity index (χ1) is 13.4. The number of hydrogen-bond acceptors (Lipinski definition) is 5. The largest absolute Gasteiger partial charge is 0.493 e. The first kappa shape index (κ1) is 17.8. The molecule has 4 rings (SSSR count). The third-order valence-electron chi connectivity index (χ3n) is 4.75. The average Bonchev–Trinajstić information content (AvgIpc) is 3.30. The Hall–Kier alpha value is -3.55. The fraction of sp³-hybridized carbons (Fsp3) is 0.250. The van der Waals surface area contributed by atoms with Crippen LogP contribution >= 0.6 is 0 Å². The molecule has 3 heterocycles. The van der Waals surface area contributed by atoms with Gasteiger partial charge in [0.25, 0.3) is 0 Å². The van der Waals surface area contributed by atoms with Crippen LogP contribution in [0.15, 0.2) is 52.2 Å². The van der Waals surface area contributed by atoms with Gasteiger partial charge in [-0.1, -0.05) is 35.0 Å². The standard InChI is InChI=1S/C20H21N5O3/c1-13-5-4-6-16(7-13)9-23-12-19(26)25(20(23)27)17-8-21-24(10-17)11-18-14(2)22-28-15(18)3/h4-8,10,12,26H,9,11H2,1-3H3. The molecule has 4 aromatic rings. The summed E-state index contributed by atoms with van der Waals surface area (Å²) in [7, 11) is 0. The SMILES string of the molecule is Cc1cccc(Cn2cc(O)n(-c3cnn(Cc4c(C)noc4C)c3)c2=O)c1. The van der Waals surface area contributed by atoms with Crippen molar-refractivity contribution in [3.8, 4) is 11.6 Å². The number of aromatic hydroxyl groups is 1. The molecule has 0 aliphatic heterocycles. The van der Waals surface area contributed by atoms with Gasteiger partial charge in [-0.15, -0.1) is 0 Å². The zero-order valence-corrected chi connectivity index (χ0v) is 16.0. The lowest BCUT2D eigenvalue weighted by molar-refractivity contribution is 0.391. The van der Waals surface area contributed by atoms with Crippen molar-refractivity contribution in [1.29, 1.82) is 0 Å². The molecule has 0 aliphatic rings. The van der Waals surface area contributed by atoms with Crippen molar-refractivity contribution in [2.75, 3.05) is 0 Å². The van der Waals surface area contributed by atoms with Crippen molar-refractivity contribution < 1.29 is 9.63 Å². The molecule has 0 aliphatic carbocycles. The predicted molar refractivity (Wildman–Crippen MR) is 103 cm³/mol. The Bertz CT molecular complexity index is 1180. The lowest BCUT2D eigenvalue weighted by Gasteiger charge is -2.03. The molecular formula is C20H21N5O3. The Balaban J connectivity index is 1.63. The molecule has 1 aromatic carbocycles. The molecule has 0 amide bonds. The Kier molecular flexibility index (Phi) is 4.38. The van der Waals surface area contributed by atoms with E-state index in [1.54, 1.807) is 17.1 Å². The molecule has 0 saturated carbocycles. The van der Waals surface area contributed by atoms with E-state index < -0.39 is 0 Å². The van der Waals surface area contributed by atoms with E-state index in [4.69, 9.17) is 4.52 Å². The molecular weight excluding hydrogens is 358 g/mol. The second-order valence-electron chi connectivity index (χ2n) is 6.92. The Labute approximate surface area is 161 Å². The summed E-state index contributed by atoms with van der Waals surface area (Å²) in [4.78, 5) is 12.8. The second-order valence-corrected chi connectivity index (χ2v) is 6.92. The summed E-state index contributed by atoms with van der Waals surface area (Å²) in [5.41, 5.74) is 4.04. The van der Waals surface area contributed by atoms with E-state index in [0.717, 1.165) is 28.1 Å². The van der Waals surface area contributed by atoms with Gasteiger partial charge >= 0.3 is 5.69 Å². The highest BCUT2D eigenvalue weighted by Crippen LogP contribution is 2.17. The third kappa shape index (κ3) is 3.24. The zero-order chi connectivity index (χ0) is 19.8. The van der Waals surface area contributed by atoms with Crippen LogP contribution in [-0.4, -0.2) is 29.2 Å². The first-order valence-corrected chi connectivity index (χ1v) is 8.93. The normalized spacial score (nSPS) is 11.2. The van der Waals surface area contributed by atoms with Gasteiger partial charge in [-0.25, -0.2) is 9.36 Å². The van der Waals surface area contributed by atoms with Crippen LogP contribution in [0.3, 0.4) is 0 Å². The maximum absolute atomic E-state index is 12.8. The molecule has 1 N–H and O–H groups in total. The Morgan fingerprint density at radius 1 is 1.14 bits per heavy atom. The minimum absolute atomic E-state index is 0.130. The molecule has 0 bridgehead atoms. The molecule has 3 aromatic heterocycles. The van der Waals surface area contributed by atoms with Crippen LogP contribution in [0.1, 0.15) is 28.1 Å². The maximum atomic E-state index is 12.8. The number of hydrogen-bond donors (Lipinski definition) is 1. The van der Waals surface area contributed by atoms with Gasteiger partial charge in [0.15, 0.2) is 0 Å². The number of aryl methyl sites for hydroxylation is 3. The van der Waals surface area contributed by atoms with Crippen LogP contribution in [-0.2, 0) is 13.1 Å². The summed E-state index contributed by atoms with van der Waals surface area (Å²) in [6, 6.07) is 7.92. The van der Waals surface area contributed by atoms with E-state index >= 15 is 0 Å². The summed E-state index contributed by atoms with van der Waals surface area (Å²) in [5.74, 6) is 0.605. The summed E-state index contributed by atoms with van der Waals surface area (Å²) in [5, 5.41) is 18.6. The molecule has 8 heteroatoms. The third-order valence-corrected chi connectivity index (χ3v) is 4.75. The van der Waals surface area contributed by atoms with Crippen LogP contribution in [0.4, 0.5) is 0 Å². The highest BCUT2D eigenvalue weighted by atomic mass is 16.5. The number of imidazole rings is 1. The van der Waals surface area contributed by atoms with E-state index in [0.29, 0.717) is 18.8 Å². The van der Waals surface area contributed by atoms with Crippen molar-refractivity contribution in [2.24, 2.45) is 0 Å². The topological polar surface area (TPSA) is 91.0 Å². The summed E-state index contributed by atoms with van der Waals surface area (Å²) >= 11 is 0. The van der Waals surface area contributed by atoms with Crippen LogP contribution in [0.5, 0.6) is 5.88 Å². The maximum Gasteiger partial charge on any atom is 0.336 e. The van der Waals surface area contributed by atoms with Gasteiger partial charge in [0.1, 0.15) is 5.76 Å². The monoisotopic (exact) mass is 379 g/mol. The lowest BCUT2D eigenvalue weighted by Crippen LogP contribution is -2.23. The molecule has 0 radical (unpaired) electrons. The minimum atomic E-state index is -0.323. The summed E-state index contributed by atoms with van der Waals surface area (Å²) < 4.78 is 9.59. The van der Waals surface area contributed by atoms with Crippen LogP contribution < -0.4 is 5.69 Å². The molecule has 8 nitrogen and oxygen atoms in total. The van der Waals surface area contributed by atoms with E-state index in [1.165, 1.54) is 15.3 Å². The van der Waals surface area contributed by atoms with Gasteiger partial charge in [-0.2, -0.15) is 5.10 Å². The predicted octanol–water partition coefficient (Wildman–Crippen LogP) is 2.55. The zero-order valence-electron chi connectivity index (χ0n) is 16.0. The lowest BCUT2D eigenvalue weighted by atomic mass is 10.1. The van der Waals surface area contributed by atoms with Gasteiger partial charge < -0.3 is 9.63 Å². The minimum Gasteiger partial charge on any atom is -0.493 e. The van der Waals surface area contributed by atoms with Crippen molar-refractivity contribution in [3.05, 3.63) is 81.5 Å². The fourth-order valence-electron chi connectivity index (χ4n) is 3.29. The van der Waals surface area contributed by atoms with Gasteiger partial charge in [-0.05, 0) is 26.3 Å². The van der Waals surface area contributed by atoms with E-state index in [2.05, 4.69) is 10.3 Å². The van der Waals surface area contributed by atoms with Crippen molar-refractivity contribution in [1.82, 2.24) is 24.1 Å². The van der Waals surface area contributed by atoms with Crippen molar-refractivity contribution >= 4 is 0 Å². The number of rotatable bonds is 5. The second kappa shape index (κ2) is 6.88. The molecule has 28 heavy (non-hydrogen) atoms. The van der Waals surface area contributed by atoms with Gasteiger partial charge in [-0.3, -0.25) is 9.25 Å². The van der Waals surface area contributed by atoms with Crippen molar-refractivity contribution in [3.63, 3.8) is 0 Å². The van der Waals surface area contributed by atoms with E-state index in [9.17, 15) is 9.90 Å². The number of nitrogens with zero attached hydrogens (tertiary/aromatic N) is 5. The van der Waals surface area contributed by atoms with E-state index in [-0.39, 0.29) is 11.6 Å². The van der Waals surface area contributed by atoms with Crippen LogP contribution in [0.2, 0.25) is 0 Å². The number of aromatic nitrogens is 5.